The number of fused-ring (bicyclic) bond motifs is 1. The fraction of sp³-hybridized carbons (Fsp3) is 0.130. The first-order chi connectivity index (χ1) is 16.4. The number of hydrogen-bond donors (Lipinski definition) is 2. The van der Waals surface area contributed by atoms with Crippen molar-refractivity contribution in [2.24, 2.45) is 0 Å². The van der Waals surface area contributed by atoms with Crippen LogP contribution < -0.4 is 28.2 Å². The summed E-state index contributed by atoms with van der Waals surface area (Å²) < 4.78 is 22.9. The minimum atomic E-state index is -0.605. The van der Waals surface area contributed by atoms with Crippen LogP contribution in [0.15, 0.2) is 53.1 Å². The van der Waals surface area contributed by atoms with Crippen LogP contribution in [0.25, 0.3) is 15.9 Å². The molecule has 1 amide bonds. The lowest BCUT2D eigenvalue weighted by Gasteiger charge is -2.12. The Morgan fingerprint density at radius 3 is 2.86 bits per heavy atom. The van der Waals surface area contributed by atoms with Gasteiger partial charge in [-0.05, 0) is 57.9 Å². The summed E-state index contributed by atoms with van der Waals surface area (Å²) in [4.78, 5) is 20.1. The largest absolute Gasteiger partial charge is 1.00 e. The second kappa shape index (κ2) is 11.5. The van der Waals surface area contributed by atoms with Crippen molar-refractivity contribution >= 4 is 50.3 Å². The van der Waals surface area contributed by atoms with Gasteiger partial charge in [-0.25, -0.2) is 19.0 Å². The number of amides is 1. The first-order valence-electron chi connectivity index (χ1n) is 10.1. The van der Waals surface area contributed by atoms with Crippen LogP contribution in [0.3, 0.4) is 0 Å². The lowest BCUT2D eigenvalue weighted by atomic mass is 10.1. The summed E-state index contributed by atoms with van der Waals surface area (Å²) in [5, 5.41) is 8.05. The molecule has 0 bridgehead atoms. The second-order valence-corrected chi connectivity index (χ2v) is 8.49. The average molecular weight is 580 g/mol. The van der Waals surface area contributed by atoms with Gasteiger partial charge in [0.15, 0.2) is 22.9 Å². The zero-order valence-corrected chi connectivity index (χ0v) is 21.2. The summed E-state index contributed by atoms with van der Waals surface area (Å²) in [6.45, 7) is 8.10. The third-order valence-corrected chi connectivity index (χ3v) is 5.70. The SMILES string of the molecule is [C-]#[N+]c1cc(Cl)cc(Oc2c(Br)ccc(Cc3nn(C(=O)NCC[NH3+])c4ncccc34)c2F)c1.[Cl-]. The Bertz CT molecular complexity index is 1440. The van der Waals surface area contributed by atoms with E-state index in [1.54, 1.807) is 30.5 Å². The topological polar surface area (TPSA) is 101 Å². The predicted molar refractivity (Wildman–Crippen MR) is 129 cm³/mol. The number of halogens is 4. The van der Waals surface area contributed by atoms with Gasteiger partial charge in [0.05, 0.1) is 29.8 Å². The molecule has 2 heterocycles. The summed E-state index contributed by atoms with van der Waals surface area (Å²) in [6.07, 6.45) is 1.66. The lowest BCUT2D eigenvalue weighted by Crippen LogP contribution is -3.00. The minimum absolute atomic E-state index is 0. The quantitative estimate of drug-likeness (QED) is 0.340. The van der Waals surface area contributed by atoms with E-state index in [1.165, 1.54) is 22.9 Å². The monoisotopic (exact) mass is 578 g/mol. The van der Waals surface area contributed by atoms with Crippen LogP contribution in [-0.2, 0) is 6.42 Å². The Labute approximate surface area is 219 Å². The molecule has 4 rings (SSSR count). The highest BCUT2D eigenvalue weighted by Gasteiger charge is 2.20. The summed E-state index contributed by atoms with van der Waals surface area (Å²) in [5.41, 5.74) is 5.14. The smallest absolute Gasteiger partial charge is 0.344 e. The van der Waals surface area contributed by atoms with E-state index in [0.29, 0.717) is 44.9 Å². The number of carbonyl (C=O) groups is 1. The third kappa shape index (κ3) is 5.71. The van der Waals surface area contributed by atoms with Crippen LogP contribution in [0.2, 0.25) is 5.02 Å². The number of ether oxygens (including phenoxy) is 1. The van der Waals surface area contributed by atoms with E-state index < -0.39 is 11.8 Å². The number of rotatable bonds is 6. The maximum absolute atomic E-state index is 15.5. The normalized spacial score (nSPS) is 10.5. The Balaban J connectivity index is 0.00000342. The van der Waals surface area contributed by atoms with E-state index >= 15 is 4.39 Å². The van der Waals surface area contributed by atoms with Crippen LogP contribution >= 0.6 is 27.5 Å². The van der Waals surface area contributed by atoms with Crippen molar-refractivity contribution in [2.45, 2.75) is 6.42 Å². The summed E-state index contributed by atoms with van der Waals surface area (Å²) in [7, 11) is 0. The van der Waals surface area contributed by atoms with Crippen LogP contribution in [0.4, 0.5) is 14.9 Å². The fourth-order valence-electron chi connectivity index (χ4n) is 3.33. The van der Waals surface area contributed by atoms with Crippen LogP contribution in [-0.4, -0.2) is 33.9 Å². The highest BCUT2D eigenvalue weighted by atomic mass is 79.9. The van der Waals surface area contributed by atoms with Crippen molar-refractivity contribution in [3.05, 3.63) is 86.6 Å². The van der Waals surface area contributed by atoms with Gasteiger partial charge in [-0.1, -0.05) is 17.7 Å². The van der Waals surface area contributed by atoms with E-state index in [-0.39, 0.29) is 36.0 Å². The van der Waals surface area contributed by atoms with E-state index in [9.17, 15) is 4.79 Å². The number of pyridine rings is 1. The Hall–Kier alpha value is -3.23. The second-order valence-electron chi connectivity index (χ2n) is 7.20. The van der Waals surface area contributed by atoms with Crippen molar-refractivity contribution in [3.63, 3.8) is 0 Å². The number of nitrogens with one attached hydrogen (secondary N) is 1. The molecule has 4 aromatic rings. The molecule has 180 valence electrons. The van der Waals surface area contributed by atoms with Gasteiger partial charge in [-0.3, -0.25) is 0 Å². The molecular formula is C23H18BrCl2FN6O2. The third-order valence-electron chi connectivity index (χ3n) is 4.86. The number of nitrogens with zero attached hydrogens (tertiary/aromatic N) is 4. The highest BCUT2D eigenvalue weighted by molar-refractivity contribution is 9.10. The van der Waals surface area contributed by atoms with Gasteiger partial charge in [-0.2, -0.15) is 9.78 Å². The maximum Gasteiger partial charge on any atom is 0.344 e. The Morgan fingerprint density at radius 2 is 2.11 bits per heavy atom. The van der Waals surface area contributed by atoms with E-state index in [1.807, 2.05) is 0 Å². The first kappa shape index (κ1) is 26.4. The molecule has 2 aromatic heterocycles. The summed E-state index contributed by atoms with van der Waals surface area (Å²) in [6, 6.07) is 10.8. The molecule has 0 aliphatic carbocycles. The van der Waals surface area contributed by atoms with Crippen molar-refractivity contribution in [2.75, 3.05) is 13.1 Å². The molecule has 0 aliphatic heterocycles. The average Bonchev–Trinajstić information content (AvgIpc) is 3.20. The highest BCUT2D eigenvalue weighted by Crippen LogP contribution is 2.37. The van der Waals surface area contributed by atoms with E-state index in [4.69, 9.17) is 22.9 Å². The molecule has 2 aromatic carbocycles. The Kier molecular flexibility index (Phi) is 8.64. The van der Waals surface area contributed by atoms with Gasteiger partial charge in [-0.15, -0.1) is 0 Å². The Morgan fingerprint density at radius 1 is 1.31 bits per heavy atom. The van der Waals surface area contributed by atoms with Gasteiger partial charge in [0.25, 0.3) is 0 Å². The molecule has 35 heavy (non-hydrogen) atoms. The van der Waals surface area contributed by atoms with Gasteiger partial charge >= 0.3 is 6.03 Å². The molecule has 0 spiro atoms. The van der Waals surface area contributed by atoms with Gasteiger partial charge in [0.2, 0.25) is 0 Å². The molecule has 0 radical (unpaired) electrons. The molecule has 0 fully saturated rings. The first-order valence-corrected chi connectivity index (χ1v) is 11.3. The zero-order chi connectivity index (χ0) is 24.2. The standard InChI is InChI=1S/C23H17BrClFN6O2.ClH/c1-28-15-10-14(25)11-16(12-15)34-21-18(24)5-4-13(20(21)26)9-19-17-3-2-7-29-22(17)32(31-19)23(33)30-8-6-27;/h2-5,7,10-12H,6,8-9,27H2,(H,30,33);1H. The number of aromatic nitrogens is 3. The van der Waals surface area contributed by atoms with Crippen LogP contribution in [0, 0.1) is 12.4 Å². The van der Waals surface area contributed by atoms with Crippen LogP contribution in [0.5, 0.6) is 11.5 Å². The summed E-state index contributed by atoms with van der Waals surface area (Å²) in [5.74, 6) is -0.422. The van der Waals surface area contributed by atoms with E-state index in [2.05, 4.69) is 41.9 Å². The van der Waals surface area contributed by atoms with Crippen molar-refractivity contribution in [1.29, 1.82) is 0 Å². The van der Waals surface area contributed by atoms with Crippen molar-refractivity contribution < 1.29 is 32.1 Å². The molecule has 0 saturated heterocycles. The van der Waals surface area contributed by atoms with Crippen molar-refractivity contribution in [3.8, 4) is 11.5 Å². The number of quaternary nitrogens is 1. The number of hydrogen-bond acceptors (Lipinski definition) is 4. The predicted octanol–water partition coefficient (Wildman–Crippen LogP) is 1.72. The van der Waals surface area contributed by atoms with Crippen LogP contribution in [0.1, 0.15) is 11.3 Å². The molecule has 4 N–H and O–H groups in total. The number of benzene rings is 2. The summed E-state index contributed by atoms with van der Waals surface area (Å²) >= 11 is 9.37. The van der Waals surface area contributed by atoms with Gasteiger partial charge in [0.1, 0.15) is 5.75 Å². The molecule has 0 unspecified atom stereocenters. The molecular weight excluding hydrogens is 562 g/mol. The fourth-order valence-corrected chi connectivity index (χ4v) is 3.93. The molecule has 0 saturated carbocycles. The zero-order valence-electron chi connectivity index (χ0n) is 18.1. The molecule has 12 heteroatoms. The number of carbonyl (C=O) groups excluding carboxylic acids is 1. The van der Waals surface area contributed by atoms with E-state index in [0.717, 1.165) is 0 Å². The molecule has 0 atom stereocenters. The molecule has 0 aliphatic rings. The lowest BCUT2D eigenvalue weighted by molar-refractivity contribution is -0.364. The maximum atomic E-state index is 15.5. The van der Waals surface area contributed by atoms with Gasteiger partial charge < -0.3 is 28.2 Å². The molecule has 8 nitrogen and oxygen atoms in total. The van der Waals surface area contributed by atoms with Crippen molar-refractivity contribution in [1.82, 2.24) is 20.1 Å². The van der Waals surface area contributed by atoms with Gasteiger partial charge in [0, 0.05) is 23.0 Å². The minimum Gasteiger partial charge on any atom is -1.00 e.